The summed E-state index contributed by atoms with van der Waals surface area (Å²) in [5, 5.41) is 8.33. The molecule has 5 rings (SSSR count). The minimum Gasteiger partial charge on any atom is -0.491 e. The van der Waals surface area contributed by atoms with E-state index in [2.05, 4.69) is 10.4 Å². The number of hydrogen-bond donors (Lipinski definition) is 1. The van der Waals surface area contributed by atoms with Crippen molar-refractivity contribution in [2.75, 3.05) is 23.4 Å². The molecule has 174 valence electrons. The van der Waals surface area contributed by atoms with Crippen LogP contribution in [0.4, 0.5) is 5.69 Å². The van der Waals surface area contributed by atoms with Gasteiger partial charge >= 0.3 is 0 Å². The molecule has 2 aliphatic rings. The molecule has 8 nitrogen and oxygen atoms in total. The van der Waals surface area contributed by atoms with Crippen LogP contribution in [0.5, 0.6) is 5.75 Å². The molecule has 2 aromatic heterocycles. The number of aromatic nitrogens is 3. The number of anilines is 1. The SMILES string of the molecule is CCCOc1ccccc1NC(=O)c1cc(C2CC2)nc2c1c(C)nn2[C@H]1CCS(=O)(=O)C1. The molecule has 1 aliphatic heterocycles. The number of carbonyl (C=O) groups excluding carboxylic acids is 1. The van der Waals surface area contributed by atoms with Gasteiger partial charge in [0.05, 0.1) is 46.5 Å². The summed E-state index contributed by atoms with van der Waals surface area (Å²) < 4.78 is 31.7. The number of amides is 1. The van der Waals surface area contributed by atoms with Gasteiger partial charge in [0.2, 0.25) is 0 Å². The molecular formula is C24H28N4O4S. The first-order chi connectivity index (χ1) is 15.9. The summed E-state index contributed by atoms with van der Waals surface area (Å²) in [6.45, 7) is 4.44. The summed E-state index contributed by atoms with van der Waals surface area (Å²) in [4.78, 5) is 18.4. The molecule has 1 saturated carbocycles. The first kappa shape index (κ1) is 21.9. The minimum absolute atomic E-state index is 0.0578. The first-order valence-corrected chi connectivity index (χ1v) is 13.3. The Kier molecular flexibility index (Phi) is 5.60. The quantitative estimate of drug-likeness (QED) is 0.562. The number of carbonyl (C=O) groups is 1. The molecule has 1 N–H and O–H groups in total. The Morgan fingerprint density at radius 3 is 2.73 bits per heavy atom. The third-order valence-corrected chi connectivity index (χ3v) is 8.00. The smallest absolute Gasteiger partial charge is 0.256 e. The van der Waals surface area contributed by atoms with Gasteiger partial charge in [-0.25, -0.2) is 18.1 Å². The zero-order valence-corrected chi connectivity index (χ0v) is 19.7. The van der Waals surface area contributed by atoms with Crippen molar-refractivity contribution in [3.8, 4) is 5.75 Å². The second-order valence-electron chi connectivity index (χ2n) is 8.95. The Bertz CT molecular complexity index is 1330. The van der Waals surface area contributed by atoms with Crippen molar-refractivity contribution in [3.63, 3.8) is 0 Å². The van der Waals surface area contributed by atoms with Crippen LogP contribution >= 0.6 is 0 Å². The monoisotopic (exact) mass is 468 g/mol. The number of hydrogen-bond acceptors (Lipinski definition) is 6. The van der Waals surface area contributed by atoms with E-state index in [4.69, 9.17) is 9.72 Å². The Morgan fingerprint density at radius 1 is 1.24 bits per heavy atom. The van der Waals surface area contributed by atoms with E-state index in [0.29, 0.717) is 52.7 Å². The predicted molar refractivity (Wildman–Crippen MR) is 127 cm³/mol. The zero-order valence-electron chi connectivity index (χ0n) is 18.9. The molecule has 0 unspecified atom stereocenters. The van der Waals surface area contributed by atoms with Crippen molar-refractivity contribution in [2.45, 2.75) is 51.5 Å². The summed E-state index contributed by atoms with van der Waals surface area (Å²) >= 11 is 0. The fourth-order valence-corrected chi connectivity index (χ4v) is 6.11. The van der Waals surface area contributed by atoms with E-state index < -0.39 is 9.84 Å². The third-order valence-electron chi connectivity index (χ3n) is 6.25. The molecule has 1 saturated heterocycles. The molecule has 0 radical (unpaired) electrons. The summed E-state index contributed by atoms with van der Waals surface area (Å²) in [7, 11) is -3.08. The molecule has 2 fully saturated rings. The van der Waals surface area contributed by atoms with E-state index in [-0.39, 0.29) is 23.5 Å². The number of rotatable bonds is 7. The van der Waals surface area contributed by atoms with Gasteiger partial charge in [-0.1, -0.05) is 19.1 Å². The van der Waals surface area contributed by atoms with Gasteiger partial charge in [-0.15, -0.1) is 0 Å². The number of sulfone groups is 1. The summed E-state index contributed by atoms with van der Waals surface area (Å²) in [5.41, 5.74) is 3.26. The number of aryl methyl sites for hydroxylation is 1. The van der Waals surface area contributed by atoms with Gasteiger partial charge in [0.25, 0.3) is 5.91 Å². The number of pyridine rings is 1. The summed E-state index contributed by atoms with van der Waals surface area (Å²) in [5.74, 6) is 0.921. The van der Waals surface area contributed by atoms with E-state index in [0.717, 1.165) is 25.0 Å². The molecule has 1 aromatic carbocycles. The highest BCUT2D eigenvalue weighted by molar-refractivity contribution is 7.91. The maximum atomic E-state index is 13.5. The average Bonchev–Trinajstić information content (AvgIpc) is 3.51. The van der Waals surface area contributed by atoms with Crippen LogP contribution in [0.2, 0.25) is 0 Å². The molecular weight excluding hydrogens is 440 g/mol. The van der Waals surface area contributed by atoms with Crippen LogP contribution in [-0.4, -0.2) is 47.2 Å². The van der Waals surface area contributed by atoms with E-state index in [9.17, 15) is 13.2 Å². The lowest BCUT2D eigenvalue weighted by Gasteiger charge is -2.14. The Balaban J connectivity index is 1.56. The van der Waals surface area contributed by atoms with Crippen LogP contribution in [-0.2, 0) is 9.84 Å². The maximum absolute atomic E-state index is 13.5. The average molecular weight is 469 g/mol. The van der Waals surface area contributed by atoms with Gasteiger partial charge in [0.1, 0.15) is 5.75 Å². The largest absolute Gasteiger partial charge is 0.491 e. The van der Waals surface area contributed by atoms with Gasteiger partial charge in [-0.3, -0.25) is 4.79 Å². The van der Waals surface area contributed by atoms with Crippen LogP contribution in [0.1, 0.15) is 66.3 Å². The highest BCUT2D eigenvalue weighted by Crippen LogP contribution is 2.41. The Morgan fingerprint density at radius 2 is 2.03 bits per heavy atom. The second kappa shape index (κ2) is 8.44. The lowest BCUT2D eigenvalue weighted by atomic mass is 10.1. The van der Waals surface area contributed by atoms with Crippen LogP contribution in [0.25, 0.3) is 11.0 Å². The van der Waals surface area contributed by atoms with Crippen molar-refractivity contribution in [1.82, 2.24) is 14.8 Å². The lowest BCUT2D eigenvalue weighted by Crippen LogP contribution is -2.16. The fraction of sp³-hybridized carbons (Fsp3) is 0.458. The normalized spacial score (nSPS) is 19.6. The van der Waals surface area contributed by atoms with Crippen molar-refractivity contribution in [3.05, 3.63) is 47.3 Å². The Hall–Kier alpha value is -2.94. The number of fused-ring (bicyclic) bond motifs is 1. The van der Waals surface area contributed by atoms with Crippen LogP contribution < -0.4 is 10.1 Å². The van der Waals surface area contributed by atoms with Crippen LogP contribution in [0, 0.1) is 6.92 Å². The molecule has 1 atom stereocenters. The van der Waals surface area contributed by atoms with Gasteiger partial charge in [0, 0.05) is 11.6 Å². The standard InChI is InChI=1S/C24H28N4O4S/c1-3-11-32-21-7-5-4-6-19(21)26-24(29)18-13-20(16-8-9-16)25-23-22(18)15(2)27-28(23)17-10-12-33(30,31)14-17/h4-7,13,16-17H,3,8-12,14H2,1-2H3,(H,26,29)/t17-/m0/s1. The van der Waals surface area contributed by atoms with Crippen LogP contribution in [0.3, 0.4) is 0 Å². The van der Waals surface area contributed by atoms with Crippen molar-refractivity contribution in [1.29, 1.82) is 0 Å². The van der Waals surface area contributed by atoms with Crippen molar-refractivity contribution < 1.29 is 17.9 Å². The Labute approximate surface area is 193 Å². The van der Waals surface area contributed by atoms with Gasteiger partial charge in [-0.05, 0) is 50.8 Å². The maximum Gasteiger partial charge on any atom is 0.256 e. The molecule has 3 aromatic rings. The molecule has 0 spiro atoms. The number of nitrogens with zero attached hydrogens (tertiary/aromatic N) is 3. The van der Waals surface area contributed by atoms with Gasteiger partial charge in [0.15, 0.2) is 15.5 Å². The van der Waals surface area contributed by atoms with Gasteiger partial charge < -0.3 is 10.1 Å². The molecule has 0 bridgehead atoms. The van der Waals surface area contributed by atoms with Crippen molar-refractivity contribution in [2.24, 2.45) is 0 Å². The molecule has 1 aliphatic carbocycles. The first-order valence-electron chi connectivity index (χ1n) is 11.5. The lowest BCUT2D eigenvalue weighted by molar-refractivity contribution is 0.102. The highest BCUT2D eigenvalue weighted by Gasteiger charge is 2.34. The third kappa shape index (κ3) is 4.34. The van der Waals surface area contributed by atoms with E-state index >= 15 is 0 Å². The minimum atomic E-state index is -3.08. The van der Waals surface area contributed by atoms with Gasteiger partial charge in [-0.2, -0.15) is 5.10 Å². The van der Waals surface area contributed by atoms with E-state index in [1.165, 1.54) is 0 Å². The van der Waals surface area contributed by atoms with Crippen LogP contribution in [0.15, 0.2) is 30.3 Å². The predicted octanol–water partition coefficient (Wildman–Crippen LogP) is 4.02. The highest BCUT2D eigenvalue weighted by atomic mass is 32.2. The number of ether oxygens (including phenoxy) is 1. The number of benzene rings is 1. The van der Waals surface area contributed by atoms with E-state index in [1.54, 1.807) is 4.68 Å². The number of nitrogens with one attached hydrogen (secondary N) is 1. The molecule has 9 heteroatoms. The topological polar surface area (TPSA) is 103 Å². The zero-order chi connectivity index (χ0) is 23.2. The molecule has 33 heavy (non-hydrogen) atoms. The number of para-hydroxylation sites is 2. The summed E-state index contributed by atoms with van der Waals surface area (Å²) in [6, 6.07) is 9.01. The van der Waals surface area contributed by atoms with E-state index in [1.807, 2.05) is 44.2 Å². The summed E-state index contributed by atoms with van der Waals surface area (Å²) in [6.07, 6.45) is 3.46. The second-order valence-corrected chi connectivity index (χ2v) is 11.2. The molecule has 3 heterocycles. The fourth-order valence-electron chi connectivity index (χ4n) is 4.42. The molecule has 1 amide bonds. The van der Waals surface area contributed by atoms with Crippen molar-refractivity contribution >= 4 is 32.5 Å².